The molecule has 3 aliphatic heterocycles. The first kappa shape index (κ1) is 75.6. The van der Waals surface area contributed by atoms with Crippen LogP contribution >= 0.6 is 34.4 Å². The first-order valence-electron chi connectivity index (χ1n) is 33.7. The van der Waals surface area contributed by atoms with Gasteiger partial charge in [-0.1, -0.05) is 55.1 Å². The number of quaternary nitrogens is 1. The Kier molecular flexibility index (Phi) is 24.7. The minimum absolute atomic E-state index is 0.0431. The van der Waals surface area contributed by atoms with Crippen molar-refractivity contribution in [3.05, 3.63) is 99.3 Å². The predicted molar refractivity (Wildman–Crippen MR) is 402 cm³/mol. The summed E-state index contributed by atoms with van der Waals surface area (Å²) >= 11 is 3.88. The summed E-state index contributed by atoms with van der Waals surface area (Å²) in [5, 5.41) is 32.8. The molecule has 0 atom stereocenters. The molecule has 28 nitrogen and oxygen atoms in total. The summed E-state index contributed by atoms with van der Waals surface area (Å²) in [6, 6.07) is 17.6. The smallest absolute Gasteiger partial charge is 0.357 e. The number of piperidine rings is 2. The highest BCUT2D eigenvalue weighted by atomic mass is 32.2. The van der Waals surface area contributed by atoms with Crippen molar-refractivity contribution >= 4 is 169 Å². The molecule has 0 unspecified atom stereocenters. The van der Waals surface area contributed by atoms with Crippen LogP contribution in [0.2, 0.25) is 0 Å². The fourth-order valence-corrected chi connectivity index (χ4v) is 16.3. The van der Waals surface area contributed by atoms with Crippen LogP contribution in [0.3, 0.4) is 0 Å². The first-order chi connectivity index (χ1) is 49.0. The largest absolute Gasteiger partial charge is 0.494 e. The van der Waals surface area contributed by atoms with Crippen LogP contribution in [0.1, 0.15) is 115 Å². The minimum Gasteiger partial charge on any atom is -0.494 e. The van der Waals surface area contributed by atoms with Gasteiger partial charge < -0.3 is 45.4 Å². The number of carbonyl (C=O) groups is 4. The molecule has 6 N–H and O–H groups in total. The molecule has 1 spiro atoms. The van der Waals surface area contributed by atoms with Crippen LogP contribution in [-0.4, -0.2) is 142 Å². The number of benzene rings is 4. The van der Waals surface area contributed by atoms with E-state index in [1.807, 2.05) is 46.8 Å². The van der Waals surface area contributed by atoms with E-state index in [4.69, 9.17) is 49.9 Å². The zero-order valence-corrected chi connectivity index (χ0v) is 62.3. The van der Waals surface area contributed by atoms with Gasteiger partial charge in [0.05, 0.1) is 70.3 Å². The molecule has 0 aliphatic carbocycles. The van der Waals surface area contributed by atoms with Crippen molar-refractivity contribution in [1.29, 1.82) is 0 Å². The number of carbonyl (C=O) groups excluding carboxylic acids is 4. The number of nitrogens with zero attached hydrogens (tertiary/aromatic N) is 12. The van der Waals surface area contributed by atoms with E-state index in [0.29, 0.717) is 133 Å². The molecule has 33 heteroatoms. The zero-order valence-electron chi connectivity index (χ0n) is 58.2. The third kappa shape index (κ3) is 17.3. The molecule has 102 heavy (non-hydrogen) atoms. The molecule has 3 aliphatic rings. The van der Waals surface area contributed by atoms with Crippen LogP contribution in [0.25, 0.3) is 12.2 Å². The predicted octanol–water partition coefficient (Wildman–Crippen LogP) is 15.0. The van der Waals surface area contributed by atoms with Crippen molar-refractivity contribution in [1.82, 2.24) is 24.4 Å². The van der Waals surface area contributed by atoms with Gasteiger partial charge in [-0.25, -0.2) is 14.3 Å². The van der Waals surface area contributed by atoms with Crippen molar-refractivity contribution in [3.63, 3.8) is 0 Å². The van der Waals surface area contributed by atoms with Gasteiger partial charge in [-0.05, 0) is 152 Å². The second kappa shape index (κ2) is 33.4. The number of rotatable bonds is 30. The van der Waals surface area contributed by atoms with Gasteiger partial charge in [0.2, 0.25) is 16.2 Å². The molecular formula is C69H83N16O12S5+. The number of methoxy groups -OCH3 is 2. The SMILES string of the molecule is CCCCSc1nc(Nc2cc(N(CC)CC)c(OC)cc2N=Nc2nc(N3CCCCC3)c(C=C(C(C)=O)C(=O)Nc3cccc(S(=O)(=O)O)c3)s2)nc(Nc2cc(N(CC)CC)c(OC)cc2N=Nc2nc3c(s2)C=C(C(=O)Nc2cccc(S(=O)(=O)O)c2)C(=O)[N+]32CCCCC2)c1CC. The van der Waals surface area contributed by atoms with Crippen molar-refractivity contribution in [2.75, 3.05) is 108 Å². The van der Waals surface area contributed by atoms with Gasteiger partial charge in [0, 0.05) is 68.3 Å². The van der Waals surface area contributed by atoms with Crippen molar-refractivity contribution in [2.24, 2.45) is 20.5 Å². The number of aromatic nitrogens is 4. The molecule has 0 bridgehead atoms. The number of azo groups is 2. The van der Waals surface area contributed by atoms with Crippen LogP contribution < -0.4 is 49.9 Å². The van der Waals surface area contributed by atoms with Gasteiger partial charge in [-0.15, -0.1) is 32.2 Å². The highest BCUT2D eigenvalue weighted by Crippen LogP contribution is 2.48. The summed E-state index contributed by atoms with van der Waals surface area (Å²) in [5.41, 5.74) is 3.71. The molecule has 6 heterocycles. The molecule has 3 amide bonds. The Bertz CT molecular complexity index is 4670. The van der Waals surface area contributed by atoms with Gasteiger partial charge in [0.1, 0.15) is 50.0 Å². The summed E-state index contributed by atoms with van der Waals surface area (Å²) in [6.07, 6.45) is 10.3. The topological polar surface area (TPSA) is 354 Å². The Hall–Kier alpha value is -9.09. The van der Waals surface area contributed by atoms with Gasteiger partial charge >= 0.3 is 5.91 Å². The zero-order chi connectivity index (χ0) is 73.0. The monoisotopic (exact) mass is 1490 g/mol. The number of thioether (sulfide) groups is 1. The van der Waals surface area contributed by atoms with E-state index in [9.17, 15) is 45.1 Å². The highest BCUT2D eigenvalue weighted by Gasteiger charge is 2.50. The summed E-state index contributed by atoms with van der Waals surface area (Å²) < 4.78 is 79.2. The average Bonchev–Trinajstić information content (AvgIpc) is 1.39. The lowest BCUT2D eigenvalue weighted by atomic mass is 10.00. The summed E-state index contributed by atoms with van der Waals surface area (Å²) in [6.45, 7) is 18.2. The standard InChI is InChI=1S/C69H82N16O12S5/c1-10-16-33-98-65-47(11-2)60(72-50-38-54(82(12-3)13-4)56(96-8)40-52(50)78-81-69-76-62-59(100-69)37-49(66(89)85(62)31-21-18-22-32-85)64(88)71-44-26-24-28-46(35-44)102(93,94)95)74-67(77-65)73-51-39-55(83(14-5)15-6)57(97-9)41-53(51)79-80-68-75-61(84-29-19-17-20-30-84)58(99-68)36-48(42(7)86)63(87)70-43-25-23-27-45(34-43)101(90,91)92/h23-28,34-41H,10-22,29-33H2,1-9H3,(H5-,70,71,72,73,74,75,76,77,80,81,86,87,88,89,90,91,92,93,94,95)/p+1. The number of thiazole rings is 2. The second-order valence-corrected chi connectivity index (χ2v) is 30.0. The fourth-order valence-electron chi connectivity index (χ4n) is 12.3. The molecule has 4 aromatic carbocycles. The summed E-state index contributed by atoms with van der Waals surface area (Å²) in [4.78, 5) is 82.9. The number of ether oxygens (including phenoxy) is 2. The normalized spacial score (nSPS) is 14.8. The highest BCUT2D eigenvalue weighted by molar-refractivity contribution is 7.99. The molecule has 540 valence electrons. The van der Waals surface area contributed by atoms with E-state index in [2.05, 4.69) is 42.9 Å². The quantitative estimate of drug-likeness (QED) is 0.00280. The third-order valence-electron chi connectivity index (χ3n) is 17.6. The number of fused-ring (bicyclic) bond motifs is 2. The fraction of sp³-hybridized carbons (Fsp3) is 0.391. The Balaban J connectivity index is 1.05. The van der Waals surface area contributed by atoms with E-state index in [1.54, 1.807) is 38.1 Å². The van der Waals surface area contributed by atoms with E-state index in [0.717, 1.165) is 101 Å². The first-order valence-corrected chi connectivity index (χ1v) is 39.2. The molecule has 3 aromatic heterocycles. The molecule has 0 saturated carbocycles. The average molecular weight is 1490 g/mol. The molecule has 2 saturated heterocycles. The van der Waals surface area contributed by atoms with Crippen LogP contribution in [-0.2, 0) is 45.8 Å². The second-order valence-electron chi connectivity index (χ2n) is 24.1. The minimum atomic E-state index is -4.59. The lowest BCUT2D eigenvalue weighted by Crippen LogP contribution is -2.60. The maximum Gasteiger partial charge on any atom is 0.357 e. The summed E-state index contributed by atoms with van der Waals surface area (Å²) in [5.74, 6) is 0.814. The Morgan fingerprint density at radius 1 is 0.696 bits per heavy atom. The molecule has 0 radical (unpaired) electrons. The molecule has 7 aromatic rings. The van der Waals surface area contributed by atoms with Gasteiger partial charge in [-0.2, -0.15) is 31.8 Å². The Morgan fingerprint density at radius 2 is 1.25 bits per heavy atom. The molecular weight excluding hydrogens is 1410 g/mol. The number of hydrogen-bond donors (Lipinski definition) is 6. The van der Waals surface area contributed by atoms with Crippen molar-refractivity contribution in [2.45, 2.75) is 121 Å². The number of Topliss-reactive ketones (excluding diaryl/α,β-unsaturated/α-hetero) is 1. The number of unbranched alkanes of at least 4 members (excludes halogenated alkanes) is 1. The van der Waals surface area contributed by atoms with Crippen LogP contribution in [0.5, 0.6) is 11.5 Å². The van der Waals surface area contributed by atoms with Crippen LogP contribution in [0, 0.1) is 0 Å². The lowest BCUT2D eigenvalue weighted by Gasteiger charge is -2.38. The maximum absolute atomic E-state index is 14.7. The van der Waals surface area contributed by atoms with Gasteiger partial charge in [0.25, 0.3) is 37.9 Å². The number of nitrogens with one attached hydrogen (secondary N) is 4. The van der Waals surface area contributed by atoms with E-state index >= 15 is 0 Å². The van der Waals surface area contributed by atoms with Gasteiger partial charge in [0.15, 0.2) is 5.78 Å². The van der Waals surface area contributed by atoms with Gasteiger partial charge in [-0.3, -0.25) is 23.5 Å². The van der Waals surface area contributed by atoms with E-state index in [1.165, 1.54) is 55.5 Å². The van der Waals surface area contributed by atoms with E-state index in [-0.39, 0.29) is 43.2 Å². The summed E-state index contributed by atoms with van der Waals surface area (Å²) in [7, 11) is -6.02. The number of hydrogen-bond acceptors (Lipinski definition) is 26. The van der Waals surface area contributed by atoms with Crippen LogP contribution in [0.4, 0.5) is 79.2 Å². The number of anilines is 9. The lowest BCUT2D eigenvalue weighted by molar-refractivity contribution is -0.129. The third-order valence-corrected chi connectivity index (χ3v) is 22.1. The van der Waals surface area contributed by atoms with Crippen molar-refractivity contribution in [3.8, 4) is 11.5 Å². The van der Waals surface area contributed by atoms with Crippen LogP contribution in [0.15, 0.2) is 119 Å². The van der Waals surface area contributed by atoms with Crippen molar-refractivity contribution < 1.29 is 54.6 Å². The Morgan fingerprint density at radius 3 is 1.79 bits per heavy atom. The number of ketones is 1. The number of amides is 3. The van der Waals surface area contributed by atoms with E-state index < -0.39 is 53.5 Å². The molecule has 10 rings (SSSR count). The maximum atomic E-state index is 14.7. The molecule has 2 fully saturated rings. The Labute approximate surface area is 605 Å².